The van der Waals surface area contributed by atoms with Crippen molar-refractivity contribution in [2.75, 3.05) is 13.7 Å². The second-order valence-corrected chi connectivity index (χ2v) is 6.18. The van der Waals surface area contributed by atoms with Crippen LogP contribution < -0.4 is 9.46 Å². The zero-order valence-corrected chi connectivity index (χ0v) is 12.4. The van der Waals surface area contributed by atoms with Gasteiger partial charge >= 0.3 is 0 Å². The highest BCUT2D eigenvalue weighted by molar-refractivity contribution is 7.89. The molecule has 0 saturated heterocycles. The fourth-order valence-corrected chi connectivity index (χ4v) is 3.01. The summed E-state index contributed by atoms with van der Waals surface area (Å²) in [6, 6.07) is 12.3. The molecule has 6 heteroatoms. The third-order valence-electron chi connectivity index (χ3n) is 2.99. The minimum Gasteiger partial charge on any atom is -0.496 e. The van der Waals surface area contributed by atoms with Crippen LogP contribution in [0.3, 0.4) is 0 Å². The number of ether oxygens (including phenoxy) is 1. The average Bonchev–Trinajstić information content (AvgIpc) is 2.47. The molecule has 2 aromatic carbocycles. The predicted molar refractivity (Wildman–Crippen MR) is 78.3 cm³/mol. The summed E-state index contributed by atoms with van der Waals surface area (Å²) >= 11 is 0. The van der Waals surface area contributed by atoms with Crippen LogP contribution in [-0.4, -0.2) is 22.1 Å². The SMILES string of the molecule is COc1ccccc1CCNS(=O)(=O)c1cccc(F)c1. The largest absolute Gasteiger partial charge is 0.496 e. The van der Waals surface area contributed by atoms with E-state index in [-0.39, 0.29) is 11.4 Å². The van der Waals surface area contributed by atoms with Crippen molar-refractivity contribution < 1.29 is 17.5 Å². The lowest BCUT2D eigenvalue weighted by atomic mass is 10.1. The summed E-state index contributed by atoms with van der Waals surface area (Å²) in [6.45, 7) is 0.208. The number of halogens is 1. The quantitative estimate of drug-likeness (QED) is 0.891. The van der Waals surface area contributed by atoms with Crippen LogP contribution in [0.1, 0.15) is 5.56 Å². The molecule has 2 aromatic rings. The molecule has 0 aliphatic heterocycles. The summed E-state index contributed by atoms with van der Waals surface area (Å²) in [5, 5.41) is 0. The summed E-state index contributed by atoms with van der Waals surface area (Å²) in [7, 11) is -2.14. The van der Waals surface area contributed by atoms with Gasteiger partial charge in [0.2, 0.25) is 10.0 Å². The fourth-order valence-electron chi connectivity index (χ4n) is 1.95. The van der Waals surface area contributed by atoms with E-state index in [1.165, 1.54) is 18.2 Å². The van der Waals surface area contributed by atoms with Crippen molar-refractivity contribution in [2.45, 2.75) is 11.3 Å². The lowest BCUT2D eigenvalue weighted by Crippen LogP contribution is -2.26. The molecule has 2 rings (SSSR count). The topological polar surface area (TPSA) is 55.4 Å². The Morgan fingerprint density at radius 3 is 2.62 bits per heavy atom. The van der Waals surface area contributed by atoms with Gasteiger partial charge in [-0.25, -0.2) is 17.5 Å². The van der Waals surface area contributed by atoms with E-state index in [9.17, 15) is 12.8 Å². The lowest BCUT2D eigenvalue weighted by Gasteiger charge is -2.09. The van der Waals surface area contributed by atoms with E-state index in [0.29, 0.717) is 12.2 Å². The van der Waals surface area contributed by atoms with Crippen molar-refractivity contribution in [3.05, 3.63) is 59.9 Å². The molecule has 0 aliphatic rings. The van der Waals surface area contributed by atoms with Crippen molar-refractivity contribution in [3.63, 3.8) is 0 Å². The summed E-state index contributed by atoms with van der Waals surface area (Å²) in [4.78, 5) is -0.0810. The van der Waals surface area contributed by atoms with Crippen LogP contribution >= 0.6 is 0 Å². The first-order valence-corrected chi connectivity index (χ1v) is 7.88. The van der Waals surface area contributed by atoms with Crippen LogP contribution in [0.2, 0.25) is 0 Å². The summed E-state index contributed by atoms with van der Waals surface area (Å²) < 4.78 is 44.8. The van der Waals surface area contributed by atoms with Crippen LogP contribution in [-0.2, 0) is 16.4 Å². The molecule has 0 amide bonds. The van der Waals surface area contributed by atoms with Gasteiger partial charge in [-0.05, 0) is 36.2 Å². The second kappa shape index (κ2) is 6.69. The number of hydrogen-bond acceptors (Lipinski definition) is 3. The lowest BCUT2D eigenvalue weighted by molar-refractivity contribution is 0.409. The van der Waals surface area contributed by atoms with Gasteiger partial charge in [-0.3, -0.25) is 0 Å². The smallest absolute Gasteiger partial charge is 0.240 e. The Balaban J connectivity index is 2.03. The third-order valence-corrected chi connectivity index (χ3v) is 4.44. The molecule has 0 fully saturated rings. The van der Waals surface area contributed by atoms with Gasteiger partial charge in [0.05, 0.1) is 12.0 Å². The number of rotatable bonds is 6. The molecule has 0 radical (unpaired) electrons. The maximum atomic E-state index is 13.1. The highest BCUT2D eigenvalue weighted by Gasteiger charge is 2.14. The van der Waals surface area contributed by atoms with Crippen LogP contribution in [0.15, 0.2) is 53.4 Å². The van der Waals surface area contributed by atoms with E-state index in [0.717, 1.165) is 11.6 Å². The Labute approximate surface area is 123 Å². The molecular formula is C15H16FNO3S. The molecule has 21 heavy (non-hydrogen) atoms. The highest BCUT2D eigenvalue weighted by Crippen LogP contribution is 2.17. The molecule has 0 aliphatic carbocycles. The van der Waals surface area contributed by atoms with E-state index < -0.39 is 15.8 Å². The fraction of sp³-hybridized carbons (Fsp3) is 0.200. The second-order valence-electron chi connectivity index (χ2n) is 4.42. The summed E-state index contributed by atoms with van der Waals surface area (Å²) in [6.07, 6.45) is 0.485. The van der Waals surface area contributed by atoms with Gasteiger partial charge in [0.25, 0.3) is 0 Å². The van der Waals surface area contributed by atoms with E-state index in [1.54, 1.807) is 7.11 Å². The molecule has 0 unspecified atom stereocenters. The van der Waals surface area contributed by atoms with Gasteiger partial charge in [-0.15, -0.1) is 0 Å². The van der Waals surface area contributed by atoms with Crippen molar-refractivity contribution in [2.24, 2.45) is 0 Å². The molecule has 0 heterocycles. The van der Waals surface area contributed by atoms with Crippen molar-refractivity contribution in [1.29, 1.82) is 0 Å². The zero-order valence-electron chi connectivity index (χ0n) is 11.5. The highest BCUT2D eigenvalue weighted by atomic mass is 32.2. The molecular weight excluding hydrogens is 293 g/mol. The normalized spacial score (nSPS) is 11.3. The Hall–Kier alpha value is -1.92. The number of nitrogens with one attached hydrogen (secondary N) is 1. The molecule has 4 nitrogen and oxygen atoms in total. The zero-order chi connectivity index (χ0) is 15.3. The molecule has 1 N–H and O–H groups in total. The van der Waals surface area contributed by atoms with E-state index in [2.05, 4.69) is 4.72 Å². The molecule has 0 bridgehead atoms. The Morgan fingerprint density at radius 2 is 1.90 bits per heavy atom. The van der Waals surface area contributed by atoms with Gasteiger partial charge < -0.3 is 4.74 Å². The standard InChI is InChI=1S/C15H16FNO3S/c1-20-15-8-3-2-5-12(15)9-10-17-21(18,19)14-7-4-6-13(16)11-14/h2-8,11,17H,9-10H2,1H3. The van der Waals surface area contributed by atoms with E-state index in [1.807, 2.05) is 24.3 Å². The number of sulfonamides is 1. The first-order valence-electron chi connectivity index (χ1n) is 6.40. The van der Waals surface area contributed by atoms with Crippen LogP contribution in [0.4, 0.5) is 4.39 Å². The predicted octanol–water partition coefficient (Wildman–Crippen LogP) is 2.36. The van der Waals surface area contributed by atoms with Gasteiger partial charge in [0.1, 0.15) is 11.6 Å². The number of benzene rings is 2. The van der Waals surface area contributed by atoms with E-state index in [4.69, 9.17) is 4.74 Å². The Bertz CT molecular complexity index is 716. The number of methoxy groups -OCH3 is 1. The minimum absolute atomic E-state index is 0.0810. The Morgan fingerprint density at radius 1 is 1.14 bits per heavy atom. The van der Waals surface area contributed by atoms with E-state index >= 15 is 0 Å². The molecule has 0 spiro atoms. The maximum Gasteiger partial charge on any atom is 0.240 e. The van der Waals surface area contributed by atoms with Crippen molar-refractivity contribution in [1.82, 2.24) is 4.72 Å². The van der Waals surface area contributed by atoms with Gasteiger partial charge in [-0.1, -0.05) is 24.3 Å². The molecule has 0 aromatic heterocycles. The third kappa shape index (κ3) is 4.03. The Kier molecular flexibility index (Phi) is 4.93. The van der Waals surface area contributed by atoms with Crippen LogP contribution in [0, 0.1) is 5.82 Å². The number of hydrogen-bond donors (Lipinski definition) is 1. The maximum absolute atomic E-state index is 13.1. The molecule has 0 atom stereocenters. The molecule has 112 valence electrons. The monoisotopic (exact) mass is 309 g/mol. The summed E-state index contributed by atoms with van der Waals surface area (Å²) in [5.41, 5.74) is 0.905. The number of para-hydroxylation sites is 1. The first-order chi connectivity index (χ1) is 10.0. The van der Waals surface area contributed by atoms with Crippen molar-refractivity contribution in [3.8, 4) is 5.75 Å². The van der Waals surface area contributed by atoms with Gasteiger partial charge in [0.15, 0.2) is 0 Å². The van der Waals surface area contributed by atoms with Crippen molar-refractivity contribution >= 4 is 10.0 Å². The van der Waals surface area contributed by atoms with Gasteiger partial charge in [-0.2, -0.15) is 0 Å². The first kappa shape index (κ1) is 15.5. The summed E-state index contributed by atoms with van der Waals surface area (Å²) in [5.74, 6) is 0.130. The minimum atomic E-state index is -3.70. The van der Waals surface area contributed by atoms with Crippen LogP contribution in [0.25, 0.3) is 0 Å². The molecule has 0 saturated carbocycles. The van der Waals surface area contributed by atoms with Gasteiger partial charge in [0, 0.05) is 6.54 Å². The van der Waals surface area contributed by atoms with Crippen LogP contribution in [0.5, 0.6) is 5.75 Å². The average molecular weight is 309 g/mol.